The number of anilines is 1. The predicted octanol–water partition coefficient (Wildman–Crippen LogP) is 2.46. The number of halogens is 1. The van der Waals surface area contributed by atoms with Gasteiger partial charge in [0.1, 0.15) is 11.0 Å². The van der Waals surface area contributed by atoms with Gasteiger partial charge in [-0.1, -0.05) is 24.6 Å². The Hall–Kier alpha value is -0.540. The van der Waals surface area contributed by atoms with Crippen molar-refractivity contribution in [2.75, 3.05) is 17.1 Å². The van der Waals surface area contributed by atoms with Crippen LogP contribution in [-0.4, -0.2) is 17.0 Å². The summed E-state index contributed by atoms with van der Waals surface area (Å²) in [5.74, 6) is 0.614. The molecule has 1 unspecified atom stereocenters. The average molecular weight is 218 g/mol. The van der Waals surface area contributed by atoms with Crippen LogP contribution in [-0.2, 0) is 11.0 Å². The Labute approximate surface area is 86.1 Å². The third kappa shape index (κ3) is 2.71. The topological polar surface area (TPSA) is 20.3 Å². The highest BCUT2D eigenvalue weighted by molar-refractivity contribution is 7.86. The van der Waals surface area contributed by atoms with E-state index in [0.29, 0.717) is 10.8 Å². The van der Waals surface area contributed by atoms with Crippen LogP contribution in [0.3, 0.4) is 0 Å². The molecule has 0 aliphatic rings. The van der Waals surface area contributed by atoms with E-state index in [2.05, 4.69) is 0 Å². The highest BCUT2D eigenvalue weighted by atomic mass is 35.5. The van der Waals surface area contributed by atoms with Gasteiger partial charge < -0.3 is 0 Å². The van der Waals surface area contributed by atoms with E-state index in [-0.39, 0.29) is 0 Å². The van der Waals surface area contributed by atoms with Gasteiger partial charge in [0, 0.05) is 17.8 Å². The summed E-state index contributed by atoms with van der Waals surface area (Å²) in [7, 11) is 0.841. The quantitative estimate of drug-likeness (QED) is 0.762. The largest absolute Gasteiger partial charge is 0.295 e. The van der Waals surface area contributed by atoms with E-state index in [4.69, 9.17) is 11.6 Å². The van der Waals surface area contributed by atoms with E-state index >= 15 is 0 Å². The molecule has 0 fully saturated rings. The molecule has 1 aromatic carbocycles. The number of benzene rings is 1. The summed E-state index contributed by atoms with van der Waals surface area (Å²) in [6.07, 6.45) is 0. The van der Waals surface area contributed by atoms with Gasteiger partial charge in [-0.15, -0.1) is 0 Å². The summed E-state index contributed by atoms with van der Waals surface area (Å²) in [6, 6.07) is 7.34. The lowest BCUT2D eigenvalue weighted by Crippen LogP contribution is -2.21. The molecule has 0 N–H and O–H groups in total. The number of hydrogen-bond donors (Lipinski definition) is 0. The standard InChI is InChI=1S/C9H12ClNOS/c1-3-13(12)11(2)9-6-4-5-8(10)7-9/h4-7H,3H2,1-2H3. The molecule has 0 aromatic heterocycles. The van der Waals surface area contributed by atoms with Crippen molar-refractivity contribution in [3.05, 3.63) is 29.3 Å². The fourth-order valence-electron chi connectivity index (χ4n) is 0.983. The third-order valence-corrected chi connectivity index (χ3v) is 3.27. The van der Waals surface area contributed by atoms with E-state index < -0.39 is 11.0 Å². The average Bonchev–Trinajstić information content (AvgIpc) is 2.15. The SMILES string of the molecule is CCS(=O)N(C)c1cccc(Cl)c1. The zero-order valence-corrected chi connectivity index (χ0v) is 9.23. The molecule has 0 saturated carbocycles. The van der Waals surface area contributed by atoms with Gasteiger partial charge in [0.2, 0.25) is 0 Å². The molecule has 0 heterocycles. The first-order valence-electron chi connectivity index (χ1n) is 4.03. The van der Waals surface area contributed by atoms with Crippen molar-refractivity contribution in [3.8, 4) is 0 Å². The first kappa shape index (κ1) is 10.5. The minimum Gasteiger partial charge on any atom is -0.295 e. The first-order chi connectivity index (χ1) is 6.15. The second-order valence-electron chi connectivity index (χ2n) is 2.59. The number of hydrogen-bond acceptors (Lipinski definition) is 1. The summed E-state index contributed by atoms with van der Waals surface area (Å²) in [5, 5.41) is 0.664. The molecule has 0 amide bonds. The lowest BCUT2D eigenvalue weighted by atomic mass is 10.3. The zero-order chi connectivity index (χ0) is 9.84. The molecule has 0 aliphatic carbocycles. The molecule has 1 atom stereocenters. The summed E-state index contributed by atoms with van der Waals surface area (Å²) < 4.78 is 13.1. The maximum atomic E-state index is 11.4. The molecule has 0 aliphatic heterocycles. The van der Waals surface area contributed by atoms with Crippen LogP contribution in [0.5, 0.6) is 0 Å². The Morgan fingerprint density at radius 1 is 1.54 bits per heavy atom. The van der Waals surface area contributed by atoms with Gasteiger partial charge in [0.05, 0.1) is 5.69 Å². The molecule has 1 aromatic rings. The zero-order valence-electron chi connectivity index (χ0n) is 7.66. The maximum absolute atomic E-state index is 11.4. The number of nitrogens with zero attached hydrogens (tertiary/aromatic N) is 1. The van der Waals surface area contributed by atoms with Gasteiger partial charge in [0.25, 0.3) is 0 Å². The second kappa shape index (κ2) is 4.63. The van der Waals surface area contributed by atoms with Crippen LogP contribution in [0.4, 0.5) is 5.69 Å². The van der Waals surface area contributed by atoms with Crippen LogP contribution >= 0.6 is 11.6 Å². The van der Waals surface area contributed by atoms with Crippen molar-refractivity contribution in [2.45, 2.75) is 6.92 Å². The highest BCUT2D eigenvalue weighted by Crippen LogP contribution is 2.19. The molecule has 0 bridgehead atoms. The first-order valence-corrected chi connectivity index (χ1v) is 5.68. The Morgan fingerprint density at radius 2 is 2.23 bits per heavy atom. The lowest BCUT2D eigenvalue weighted by Gasteiger charge is -2.16. The van der Waals surface area contributed by atoms with E-state index in [0.717, 1.165) is 5.69 Å². The lowest BCUT2D eigenvalue weighted by molar-refractivity contribution is 0.682. The van der Waals surface area contributed by atoms with Crippen molar-refractivity contribution in [1.82, 2.24) is 0 Å². The second-order valence-corrected chi connectivity index (χ2v) is 4.79. The van der Waals surface area contributed by atoms with Crippen molar-refractivity contribution >= 4 is 28.3 Å². The van der Waals surface area contributed by atoms with E-state index in [9.17, 15) is 4.21 Å². The Bertz CT molecular complexity index is 316. The Balaban J connectivity index is 2.88. The van der Waals surface area contributed by atoms with E-state index in [1.807, 2.05) is 19.1 Å². The summed E-state index contributed by atoms with van der Waals surface area (Å²) in [6.45, 7) is 1.89. The van der Waals surface area contributed by atoms with Crippen LogP contribution < -0.4 is 4.31 Å². The monoisotopic (exact) mass is 217 g/mol. The van der Waals surface area contributed by atoms with Gasteiger partial charge in [-0.05, 0) is 18.2 Å². The third-order valence-electron chi connectivity index (χ3n) is 1.72. The molecular weight excluding hydrogens is 206 g/mol. The van der Waals surface area contributed by atoms with E-state index in [1.165, 1.54) is 0 Å². The molecule has 0 saturated heterocycles. The van der Waals surface area contributed by atoms with Crippen molar-refractivity contribution in [1.29, 1.82) is 0 Å². The minimum atomic E-state index is -0.956. The number of rotatable bonds is 3. The smallest absolute Gasteiger partial charge is 0.119 e. The summed E-state index contributed by atoms with van der Waals surface area (Å²) >= 11 is 5.81. The van der Waals surface area contributed by atoms with Gasteiger partial charge in [-0.25, -0.2) is 4.21 Å². The maximum Gasteiger partial charge on any atom is 0.119 e. The van der Waals surface area contributed by atoms with Gasteiger partial charge in [-0.3, -0.25) is 4.31 Å². The Morgan fingerprint density at radius 3 is 2.77 bits per heavy atom. The molecule has 13 heavy (non-hydrogen) atoms. The Kier molecular flexibility index (Phi) is 3.75. The van der Waals surface area contributed by atoms with Gasteiger partial charge >= 0.3 is 0 Å². The van der Waals surface area contributed by atoms with Gasteiger partial charge in [0.15, 0.2) is 0 Å². The fourth-order valence-corrected chi connectivity index (χ4v) is 1.90. The van der Waals surface area contributed by atoms with E-state index in [1.54, 1.807) is 23.5 Å². The fraction of sp³-hybridized carbons (Fsp3) is 0.333. The van der Waals surface area contributed by atoms with Gasteiger partial charge in [-0.2, -0.15) is 0 Å². The van der Waals surface area contributed by atoms with Crippen LogP contribution in [0, 0.1) is 0 Å². The van der Waals surface area contributed by atoms with Crippen LogP contribution in [0.25, 0.3) is 0 Å². The highest BCUT2D eigenvalue weighted by Gasteiger charge is 2.06. The van der Waals surface area contributed by atoms with Crippen molar-refractivity contribution in [3.63, 3.8) is 0 Å². The molecular formula is C9H12ClNOS. The molecule has 0 spiro atoms. The molecule has 4 heteroatoms. The van der Waals surface area contributed by atoms with Crippen LogP contribution in [0.1, 0.15) is 6.92 Å². The van der Waals surface area contributed by atoms with Crippen LogP contribution in [0.15, 0.2) is 24.3 Å². The minimum absolute atomic E-state index is 0.614. The molecule has 1 rings (SSSR count). The normalized spacial score (nSPS) is 12.5. The van der Waals surface area contributed by atoms with Crippen LogP contribution in [0.2, 0.25) is 5.02 Å². The van der Waals surface area contributed by atoms with Crippen molar-refractivity contribution < 1.29 is 4.21 Å². The summed E-state index contributed by atoms with van der Waals surface area (Å²) in [4.78, 5) is 0. The van der Waals surface area contributed by atoms with Crippen molar-refractivity contribution in [2.24, 2.45) is 0 Å². The molecule has 72 valence electrons. The summed E-state index contributed by atoms with van der Waals surface area (Å²) in [5.41, 5.74) is 0.882. The predicted molar refractivity (Wildman–Crippen MR) is 58.5 cm³/mol. The molecule has 2 nitrogen and oxygen atoms in total. The molecule has 0 radical (unpaired) electrons.